The zero-order valence-corrected chi connectivity index (χ0v) is 15.8. The molecule has 122 valence electrons. The Bertz CT molecular complexity index is 496. The van der Waals surface area contributed by atoms with Crippen molar-refractivity contribution in [1.29, 1.82) is 0 Å². The molecule has 0 saturated carbocycles. The minimum Gasteiger partial charge on any atom is -0.549 e. The molecule has 0 aromatic heterocycles. The number of benzene rings is 1. The van der Waals surface area contributed by atoms with E-state index in [0.717, 1.165) is 5.57 Å². The van der Waals surface area contributed by atoms with Gasteiger partial charge in [-0.25, -0.2) is 0 Å². The van der Waals surface area contributed by atoms with Crippen LogP contribution < -0.4 is 0 Å². The zero-order chi connectivity index (χ0) is 16.6. The van der Waals surface area contributed by atoms with Crippen LogP contribution in [0.1, 0.15) is 33.3 Å². The summed E-state index contributed by atoms with van der Waals surface area (Å²) in [6.45, 7) is 14.5. The monoisotopic (exact) mass is 318 g/mol. The Morgan fingerprint density at radius 1 is 1.14 bits per heavy atom. The van der Waals surface area contributed by atoms with Gasteiger partial charge in [0.05, 0.1) is 19.5 Å². The quantitative estimate of drug-likeness (QED) is 0.365. The van der Waals surface area contributed by atoms with Crippen molar-refractivity contribution in [2.75, 3.05) is 6.61 Å². The average Bonchev–Trinajstić information content (AvgIpc) is 2.45. The lowest BCUT2D eigenvalue weighted by molar-refractivity contribution is 0.144. The van der Waals surface area contributed by atoms with Gasteiger partial charge in [-0.15, -0.1) is 0 Å². The van der Waals surface area contributed by atoms with Gasteiger partial charge in [0.25, 0.3) is 0 Å². The average molecular weight is 319 g/mol. The van der Waals surface area contributed by atoms with Gasteiger partial charge in [0.15, 0.2) is 0 Å². The van der Waals surface area contributed by atoms with Crippen LogP contribution in [0, 0.1) is 0 Å². The molecule has 1 aromatic rings. The predicted molar refractivity (Wildman–Crippen MR) is 97.3 cm³/mol. The maximum Gasteiger partial charge on any atom is 0.249 e. The Hall–Kier alpha value is -1.32. The van der Waals surface area contributed by atoms with E-state index >= 15 is 0 Å². The molecule has 0 saturated heterocycles. The smallest absolute Gasteiger partial charge is 0.249 e. The number of hydrogen-bond acceptors (Lipinski definition) is 2. The second-order valence-corrected chi connectivity index (χ2v) is 11.8. The van der Waals surface area contributed by atoms with Crippen LogP contribution in [0.5, 0.6) is 0 Å². The lowest BCUT2D eigenvalue weighted by atomic mass is 10.2. The van der Waals surface area contributed by atoms with E-state index in [2.05, 4.69) is 52.1 Å². The van der Waals surface area contributed by atoms with Crippen LogP contribution >= 0.6 is 0 Å². The second kappa shape index (κ2) is 8.35. The van der Waals surface area contributed by atoms with Gasteiger partial charge in [0.2, 0.25) is 8.32 Å². The summed E-state index contributed by atoms with van der Waals surface area (Å²) in [5.74, 6) is 0. The van der Waals surface area contributed by atoms with Gasteiger partial charge in [-0.1, -0.05) is 57.2 Å². The first-order chi connectivity index (χ1) is 10.3. The van der Waals surface area contributed by atoms with E-state index in [4.69, 9.17) is 9.16 Å². The fourth-order valence-corrected chi connectivity index (χ4v) is 2.32. The van der Waals surface area contributed by atoms with Crippen molar-refractivity contribution in [1.82, 2.24) is 0 Å². The summed E-state index contributed by atoms with van der Waals surface area (Å²) in [7, 11) is -1.72. The van der Waals surface area contributed by atoms with E-state index in [1.54, 1.807) is 0 Å². The summed E-state index contributed by atoms with van der Waals surface area (Å²) in [6.07, 6.45) is 5.93. The highest BCUT2D eigenvalue weighted by molar-refractivity contribution is 6.74. The third-order valence-corrected chi connectivity index (χ3v) is 8.54. The lowest BCUT2D eigenvalue weighted by Gasteiger charge is -2.35. The van der Waals surface area contributed by atoms with Crippen LogP contribution in [0.4, 0.5) is 0 Å². The SMILES string of the molecule is C/C=C(/C=C/O[Si](C)(C)C(C)(C)C)COCc1ccccc1. The highest BCUT2D eigenvalue weighted by Crippen LogP contribution is 2.36. The summed E-state index contributed by atoms with van der Waals surface area (Å²) in [5.41, 5.74) is 2.33. The molecule has 0 aliphatic carbocycles. The first-order valence-electron chi connectivity index (χ1n) is 7.87. The number of rotatable bonds is 7. The van der Waals surface area contributed by atoms with Crippen molar-refractivity contribution >= 4 is 8.32 Å². The van der Waals surface area contributed by atoms with Gasteiger partial charge in [0.1, 0.15) is 0 Å². The molecule has 0 bridgehead atoms. The molecule has 3 heteroatoms. The third-order valence-electron chi connectivity index (χ3n) is 4.20. The molecule has 0 aliphatic rings. The fraction of sp³-hybridized carbons (Fsp3) is 0.474. The molecule has 1 rings (SSSR count). The highest BCUT2D eigenvalue weighted by Gasteiger charge is 2.37. The predicted octanol–water partition coefficient (Wildman–Crippen LogP) is 5.69. The molecule has 0 aliphatic heterocycles. The minimum absolute atomic E-state index is 0.219. The second-order valence-electron chi connectivity index (χ2n) is 7.02. The Morgan fingerprint density at radius 2 is 1.77 bits per heavy atom. The standard InChI is InChI=1S/C19H30O2Si/c1-7-17(13-14-21-22(5,6)19(2,3)4)15-20-16-18-11-9-8-10-12-18/h7-14H,15-16H2,1-6H3/b14-13+,17-7-. The van der Waals surface area contributed by atoms with Crippen molar-refractivity contribution < 1.29 is 9.16 Å². The lowest BCUT2D eigenvalue weighted by Crippen LogP contribution is -2.39. The van der Waals surface area contributed by atoms with Crippen LogP contribution in [-0.2, 0) is 15.8 Å². The van der Waals surface area contributed by atoms with Crippen LogP contribution in [0.25, 0.3) is 0 Å². The molecule has 1 aromatic carbocycles. The van der Waals surface area contributed by atoms with E-state index in [9.17, 15) is 0 Å². The van der Waals surface area contributed by atoms with Crippen LogP contribution in [0.15, 0.2) is 54.3 Å². The van der Waals surface area contributed by atoms with Crippen molar-refractivity contribution in [2.24, 2.45) is 0 Å². The summed E-state index contributed by atoms with van der Waals surface area (Å²) >= 11 is 0. The summed E-state index contributed by atoms with van der Waals surface area (Å²) in [4.78, 5) is 0. The van der Waals surface area contributed by atoms with Crippen LogP contribution in [0.2, 0.25) is 18.1 Å². The molecule has 0 radical (unpaired) electrons. The maximum atomic E-state index is 6.05. The van der Waals surface area contributed by atoms with E-state index in [1.165, 1.54) is 5.56 Å². The van der Waals surface area contributed by atoms with Gasteiger partial charge < -0.3 is 9.16 Å². The van der Waals surface area contributed by atoms with E-state index in [-0.39, 0.29) is 5.04 Å². The number of ether oxygens (including phenoxy) is 1. The fourth-order valence-electron chi connectivity index (χ4n) is 1.56. The molecular weight excluding hydrogens is 288 g/mol. The van der Waals surface area contributed by atoms with Gasteiger partial charge in [-0.2, -0.15) is 0 Å². The maximum absolute atomic E-state index is 6.05. The van der Waals surface area contributed by atoms with E-state index in [1.807, 2.05) is 37.5 Å². The van der Waals surface area contributed by atoms with Gasteiger partial charge >= 0.3 is 0 Å². The highest BCUT2D eigenvalue weighted by atomic mass is 28.4. The van der Waals surface area contributed by atoms with Crippen LogP contribution in [-0.4, -0.2) is 14.9 Å². The molecule has 0 unspecified atom stereocenters. The Kier molecular flexibility index (Phi) is 7.10. The topological polar surface area (TPSA) is 18.5 Å². The van der Waals surface area contributed by atoms with Gasteiger partial charge in [0, 0.05) is 0 Å². The molecule has 0 fully saturated rings. The Balaban J connectivity index is 2.44. The minimum atomic E-state index is -1.72. The number of allylic oxidation sites excluding steroid dienone is 1. The van der Waals surface area contributed by atoms with Gasteiger partial charge in [-0.3, -0.25) is 0 Å². The first-order valence-corrected chi connectivity index (χ1v) is 10.8. The van der Waals surface area contributed by atoms with E-state index in [0.29, 0.717) is 13.2 Å². The van der Waals surface area contributed by atoms with Crippen molar-refractivity contribution in [3.63, 3.8) is 0 Å². The summed E-state index contributed by atoms with van der Waals surface area (Å²) < 4.78 is 11.8. The molecule has 0 spiro atoms. The molecule has 2 nitrogen and oxygen atoms in total. The van der Waals surface area contributed by atoms with Gasteiger partial charge in [-0.05, 0) is 42.3 Å². The Labute approximate surface area is 137 Å². The molecule has 0 heterocycles. The molecule has 0 atom stereocenters. The zero-order valence-electron chi connectivity index (χ0n) is 14.8. The molecule has 22 heavy (non-hydrogen) atoms. The largest absolute Gasteiger partial charge is 0.549 e. The van der Waals surface area contributed by atoms with E-state index < -0.39 is 8.32 Å². The molecular formula is C19H30O2Si. The molecule has 0 amide bonds. The summed E-state index contributed by atoms with van der Waals surface area (Å²) in [6, 6.07) is 10.2. The normalized spacial score (nSPS) is 13.6. The third kappa shape index (κ3) is 6.20. The Morgan fingerprint density at radius 3 is 2.32 bits per heavy atom. The number of hydrogen-bond donors (Lipinski definition) is 0. The first kappa shape index (κ1) is 18.7. The van der Waals surface area contributed by atoms with Crippen molar-refractivity contribution in [2.45, 2.75) is 52.4 Å². The van der Waals surface area contributed by atoms with Crippen molar-refractivity contribution in [3.8, 4) is 0 Å². The summed E-state index contributed by atoms with van der Waals surface area (Å²) in [5, 5.41) is 0.219. The van der Waals surface area contributed by atoms with Crippen molar-refractivity contribution in [3.05, 3.63) is 59.9 Å². The van der Waals surface area contributed by atoms with Crippen LogP contribution in [0.3, 0.4) is 0 Å². The molecule has 0 N–H and O–H groups in total.